The van der Waals surface area contributed by atoms with E-state index in [1.54, 1.807) is 13.2 Å². The summed E-state index contributed by atoms with van der Waals surface area (Å²) in [5, 5.41) is 0.295. The molecule has 0 aromatic heterocycles. The molecule has 1 amide bonds. The number of thiocarbonyl (C=S) groups is 1. The molecule has 0 N–H and O–H groups in total. The summed E-state index contributed by atoms with van der Waals surface area (Å²) in [6, 6.07) is 5.87. The molecule has 5 nitrogen and oxygen atoms in total. The van der Waals surface area contributed by atoms with Gasteiger partial charge in [0.25, 0.3) is 5.91 Å². The van der Waals surface area contributed by atoms with Gasteiger partial charge in [0.05, 0.1) is 7.11 Å². The minimum absolute atomic E-state index is 0.163. The maximum Gasteiger partial charge on any atom is 0.275 e. The molecule has 1 aromatic rings. The van der Waals surface area contributed by atoms with Gasteiger partial charge in [-0.05, 0) is 18.3 Å². The van der Waals surface area contributed by atoms with Gasteiger partial charge < -0.3 is 9.64 Å². The predicted octanol–water partition coefficient (Wildman–Crippen LogP) is 2.06. The third-order valence-electron chi connectivity index (χ3n) is 3.41. The maximum absolute atomic E-state index is 12.3. The third kappa shape index (κ3) is 3.17. The van der Waals surface area contributed by atoms with Crippen LogP contribution >= 0.6 is 12.2 Å². The van der Waals surface area contributed by atoms with Gasteiger partial charge >= 0.3 is 0 Å². The van der Waals surface area contributed by atoms with Crippen molar-refractivity contribution in [2.75, 3.05) is 32.6 Å². The number of benzene rings is 1. The third-order valence-corrected chi connectivity index (χ3v) is 3.72. The second-order valence-electron chi connectivity index (χ2n) is 5.11. The largest absolute Gasteiger partial charge is 0.496 e. The van der Waals surface area contributed by atoms with Crippen molar-refractivity contribution >= 4 is 34.6 Å². The number of methoxy groups -OCH3 is 1. The van der Waals surface area contributed by atoms with E-state index >= 15 is 0 Å². The molecule has 22 heavy (non-hydrogen) atoms. The van der Waals surface area contributed by atoms with Crippen LogP contribution in [-0.2, 0) is 11.2 Å². The van der Waals surface area contributed by atoms with Crippen molar-refractivity contribution in [2.24, 2.45) is 4.99 Å². The van der Waals surface area contributed by atoms with Crippen molar-refractivity contribution in [3.63, 3.8) is 0 Å². The molecule has 1 aliphatic rings. The van der Waals surface area contributed by atoms with Gasteiger partial charge in [0.1, 0.15) is 11.5 Å². The van der Waals surface area contributed by atoms with Gasteiger partial charge in [-0.3, -0.25) is 9.69 Å². The van der Waals surface area contributed by atoms with Gasteiger partial charge in [-0.15, -0.1) is 6.58 Å². The molecule has 6 heteroatoms. The highest BCUT2D eigenvalue weighted by Crippen LogP contribution is 2.26. The van der Waals surface area contributed by atoms with Gasteiger partial charge in [0.15, 0.2) is 0 Å². The Hall–Kier alpha value is -2.21. The lowest BCUT2D eigenvalue weighted by molar-refractivity contribution is -0.119. The first-order chi connectivity index (χ1) is 10.5. The van der Waals surface area contributed by atoms with E-state index in [1.165, 1.54) is 4.90 Å². The molecule has 116 valence electrons. The second kappa shape index (κ2) is 6.70. The summed E-state index contributed by atoms with van der Waals surface area (Å²) < 4.78 is 5.43. The van der Waals surface area contributed by atoms with E-state index in [0.717, 1.165) is 17.0 Å². The Labute approximate surface area is 135 Å². The zero-order chi connectivity index (χ0) is 16.3. The molecule has 0 aliphatic carbocycles. The Morgan fingerprint density at radius 1 is 1.45 bits per heavy atom. The van der Waals surface area contributed by atoms with Gasteiger partial charge in [0.2, 0.25) is 5.11 Å². The van der Waals surface area contributed by atoms with Crippen LogP contribution in [0.2, 0.25) is 0 Å². The van der Waals surface area contributed by atoms with Crippen molar-refractivity contribution < 1.29 is 9.53 Å². The summed E-state index contributed by atoms with van der Waals surface area (Å²) in [4.78, 5) is 19.9. The second-order valence-corrected chi connectivity index (χ2v) is 5.48. The smallest absolute Gasteiger partial charge is 0.275 e. The van der Waals surface area contributed by atoms with Crippen LogP contribution in [0.3, 0.4) is 0 Å². The lowest BCUT2D eigenvalue weighted by atomic mass is 10.1. The van der Waals surface area contributed by atoms with Gasteiger partial charge in [-0.1, -0.05) is 12.1 Å². The standard InChI is InChI=1S/C16H19N3O2S/c1-5-8-19-15(20)13(17-16(19)22)9-11-6-7-12(18(2)3)10-14(11)21-4/h5-7,10H,1,8-9H2,2-4H3. The Morgan fingerprint density at radius 2 is 2.18 bits per heavy atom. The molecule has 0 atom stereocenters. The summed E-state index contributed by atoms with van der Waals surface area (Å²) in [6.07, 6.45) is 2.03. The topological polar surface area (TPSA) is 45.1 Å². The van der Waals surface area contributed by atoms with Crippen molar-refractivity contribution in [1.29, 1.82) is 0 Å². The van der Waals surface area contributed by atoms with E-state index in [4.69, 9.17) is 17.0 Å². The number of anilines is 1. The summed E-state index contributed by atoms with van der Waals surface area (Å²) in [5.74, 6) is 0.568. The minimum atomic E-state index is -0.163. The Morgan fingerprint density at radius 3 is 2.77 bits per heavy atom. The van der Waals surface area contributed by atoms with Crippen molar-refractivity contribution in [3.05, 3.63) is 36.4 Å². The molecule has 0 unspecified atom stereocenters. The number of nitrogens with zero attached hydrogens (tertiary/aromatic N) is 3. The van der Waals surface area contributed by atoms with Crippen LogP contribution in [0, 0.1) is 0 Å². The molecule has 0 spiro atoms. The van der Waals surface area contributed by atoms with E-state index in [1.807, 2.05) is 37.2 Å². The van der Waals surface area contributed by atoms with Crippen LogP contribution in [0.15, 0.2) is 35.8 Å². The molecule has 0 saturated carbocycles. The lowest BCUT2D eigenvalue weighted by Gasteiger charge is -2.16. The number of carbonyl (C=O) groups excluding carboxylic acids is 1. The van der Waals surface area contributed by atoms with E-state index in [9.17, 15) is 4.79 Å². The summed E-state index contributed by atoms with van der Waals surface area (Å²) in [6.45, 7) is 4.00. The van der Waals surface area contributed by atoms with Gasteiger partial charge in [0, 0.05) is 44.4 Å². The number of amides is 1. The van der Waals surface area contributed by atoms with Crippen LogP contribution in [0.1, 0.15) is 5.56 Å². The summed E-state index contributed by atoms with van der Waals surface area (Å²) in [7, 11) is 5.54. The van der Waals surface area contributed by atoms with Crippen molar-refractivity contribution in [1.82, 2.24) is 4.90 Å². The Bertz CT molecular complexity index is 653. The molecule has 1 aliphatic heterocycles. The Kier molecular flexibility index (Phi) is 4.92. The molecule has 2 rings (SSSR count). The van der Waals surface area contributed by atoms with Crippen LogP contribution in [0.4, 0.5) is 5.69 Å². The fraction of sp³-hybridized carbons (Fsp3) is 0.312. The maximum atomic E-state index is 12.3. The average Bonchev–Trinajstić information content (AvgIpc) is 2.75. The fourth-order valence-corrected chi connectivity index (χ4v) is 2.48. The number of aliphatic imine (C=N–C) groups is 1. The zero-order valence-corrected chi connectivity index (χ0v) is 13.8. The monoisotopic (exact) mass is 317 g/mol. The van der Waals surface area contributed by atoms with Crippen LogP contribution in [-0.4, -0.2) is 49.4 Å². The van der Waals surface area contributed by atoms with Crippen molar-refractivity contribution in [3.8, 4) is 5.75 Å². The zero-order valence-electron chi connectivity index (χ0n) is 13.0. The molecule has 1 heterocycles. The van der Waals surface area contributed by atoms with E-state index in [-0.39, 0.29) is 5.91 Å². The highest BCUT2D eigenvalue weighted by atomic mass is 32.1. The molecule has 0 radical (unpaired) electrons. The van der Waals surface area contributed by atoms with E-state index < -0.39 is 0 Å². The highest BCUT2D eigenvalue weighted by molar-refractivity contribution is 7.80. The normalized spacial score (nSPS) is 14.1. The molecular formula is C16H19N3O2S. The SMILES string of the molecule is C=CCN1C(=O)C(Cc2ccc(N(C)C)cc2OC)=NC1=S. The molecule has 1 aromatic carbocycles. The summed E-state index contributed by atoms with van der Waals surface area (Å²) in [5.41, 5.74) is 2.37. The number of rotatable bonds is 6. The molecule has 0 bridgehead atoms. The fourth-order valence-electron chi connectivity index (χ4n) is 2.21. The molecule has 0 saturated heterocycles. The number of ether oxygens (including phenoxy) is 1. The van der Waals surface area contributed by atoms with Gasteiger partial charge in [-0.2, -0.15) is 0 Å². The number of carbonyl (C=O) groups is 1. The predicted molar refractivity (Wildman–Crippen MR) is 93.0 cm³/mol. The van der Waals surface area contributed by atoms with E-state index in [2.05, 4.69) is 11.6 Å². The molecule has 0 fully saturated rings. The molecular weight excluding hydrogens is 298 g/mol. The van der Waals surface area contributed by atoms with Crippen LogP contribution in [0.5, 0.6) is 5.75 Å². The van der Waals surface area contributed by atoms with Crippen LogP contribution in [0.25, 0.3) is 0 Å². The average molecular weight is 317 g/mol. The van der Waals surface area contributed by atoms with Gasteiger partial charge in [-0.25, -0.2) is 4.99 Å². The minimum Gasteiger partial charge on any atom is -0.496 e. The highest BCUT2D eigenvalue weighted by Gasteiger charge is 2.29. The number of hydrogen-bond acceptors (Lipinski definition) is 4. The first-order valence-corrected chi connectivity index (χ1v) is 7.27. The van der Waals surface area contributed by atoms with E-state index in [0.29, 0.717) is 23.8 Å². The lowest BCUT2D eigenvalue weighted by Crippen LogP contribution is -2.33. The first-order valence-electron chi connectivity index (χ1n) is 6.86. The quantitative estimate of drug-likeness (QED) is 0.595. The Balaban J connectivity index is 2.24. The van der Waals surface area contributed by atoms with Crippen LogP contribution < -0.4 is 9.64 Å². The summed E-state index contributed by atoms with van der Waals surface area (Å²) >= 11 is 5.12. The first kappa shape index (κ1) is 16.2. The number of hydrogen-bond donors (Lipinski definition) is 0. The van der Waals surface area contributed by atoms with Crippen molar-refractivity contribution in [2.45, 2.75) is 6.42 Å².